The van der Waals surface area contributed by atoms with Crippen LogP contribution in [0.3, 0.4) is 0 Å². The van der Waals surface area contributed by atoms with Crippen molar-refractivity contribution >= 4 is 32.8 Å². The van der Waals surface area contributed by atoms with Crippen LogP contribution in [0.25, 0.3) is 16.8 Å². The second kappa shape index (κ2) is 4.85. The molecule has 1 aliphatic rings. The molecule has 0 aromatic heterocycles. The van der Waals surface area contributed by atoms with Gasteiger partial charge in [0.1, 0.15) is 0 Å². The topological polar surface area (TPSA) is 0 Å². The van der Waals surface area contributed by atoms with E-state index in [1.807, 2.05) is 0 Å². The van der Waals surface area contributed by atoms with Crippen LogP contribution in [0.5, 0.6) is 0 Å². The van der Waals surface area contributed by atoms with Crippen molar-refractivity contribution in [1.29, 1.82) is 0 Å². The van der Waals surface area contributed by atoms with Crippen molar-refractivity contribution in [3.8, 4) is 0 Å². The van der Waals surface area contributed by atoms with Gasteiger partial charge in [-0.15, -0.1) is 0 Å². The van der Waals surface area contributed by atoms with Crippen molar-refractivity contribution < 1.29 is 0 Å². The minimum absolute atomic E-state index is 0.374. The fraction of sp³-hybridized carbons (Fsp3) is 0.100. The Kier molecular flexibility index (Phi) is 2.97. The van der Waals surface area contributed by atoms with Crippen LogP contribution in [0.4, 0.5) is 0 Å². The smallest absolute Gasteiger partial charge is 0.0278 e. The van der Waals surface area contributed by atoms with Crippen molar-refractivity contribution in [3.63, 3.8) is 0 Å². The van der Waals surface area contributed by atoms with Gasteiger partial charge in [0.25, 0.3) is 0 Å². The van der Waals surface area contributed by atoms with E-state index in [-0.39, 0.29) is 0 Å². The van der Waals surface area contributed by atoms with Gasteiger partial charge in [0.2, 0.25) is 0 Å². The van der Waals surface area contributed by atoms with Crippen LogP contribution in [0.2, 0.25) is 0 Å². The lowest BCUT2D eigenvalue weighted by Crippen LogP contribution is -1.95. The van der Waals surface area contributed by atoms with Crippen molar-refractivity contribution in [2.45, 2.75) is 12.8 Å². The zero-order valence-electron chi connectivity index (χ0n) is 11.8. The Hall–Kier alpha value is -1.86. The molecule has 1 unspecified atom stereocenters. The summed E-state index contributed by atoms with van der Waals surface area (Å²) in [7, 11) is 0. The van der Waals surface area contributed by atoms with Crippen LogP contribution in [0, 0.1) is 6.92 Å². The van der Waals surface area contributed by atoms with E-state index in [2.05, 4.69) is 89.6 Å². The van der Waals surface area contributed by atoms with Crippen molar-refractivity contribution in [1.82, 2.24) is 0 Å². The third-order valence-corrected chi connectivity index (χ3v) is 4.89. The highest BCUT2D eigenvalue weighted by Crippen LogP contribution is 2.37. The first-order chi connectivity index (χ1) is 10.2. The molecule has 0 bridgehead atoms. The number of aryl methyl sites for hydroxylation is 1. The third-order valence-electron chi connectivity index (χ3n) is 4.23. The molecule has 3 aromatic carbocycles. The second-order valence-corrected chi connectivity index (χ2v) is 6.55. The van der Waals surface area contributed by atoms with Gasteiger partial charge in [0.15, 0.2) is 0 Å². The number of hydrogen-bond donors (Lipinski definition) is 0. The summed E-state index contributed by atoms with van der Waals surface area (Å²) in [6.45, 7) is 2.13. The molecule has 0 radical (unpaired) electrons. The molecule has 3 aromatic rings. The largest absolute Gasteiger partial charge is 0.0720 e. The average molecular weight is 335 g/mol. The normalized spacial score (nSPS) is 16.4. The molecule has 1 heteroatoms. The first-order valence-corrected chi connectivity index (χ1v) is 7.98. The van der Waals surface area contributed by atoms with Gasteiger partial charge in [-0.05, 0) is 52.1 Å². The van der Waals surface area contributed by atoms with Gasteiger partial charge in [0, 0.05) is 10.4 Å². The lowest BCUT2D eigenvalue weighted by Gasteiger charge is -2.13. The number of halogens is 1. The molecule has 0 nitrogen and oxygen atoms in total. The summed E-state index contributed by atoms with van der Waals surface area (Å²) >= 11 is 3.70. The van der Waals surface area contributed by atoms with E-state index >= 15 is 0 Å². The zero-order valence-corrected chi connectivity index (χ0v) is 13.4. The second-order valence-electron chi connectivity index (χ2n) is 5.69. The average Bonchev–Trinajstić information content (AvgIpc) is 2.91. The fourth-order valence-electron chi connectivity index (χ4n) is 3.20. The molecule has 0 amide bonds. The van der Waals surface area contributed by atoms with E-state index in [4.69, 9.17) is 0 Å². The number of allylic oxidation sites excluding steroid dienone is 1. The Bertz CT molecular complexity index is 874. The zero-order chi connectivity index (χ0) is 14.4. The summed E-state index contributed by atoms with van der Waals surface area (Å²) in [6, 6.07) is 19.9. The number of benzene rings is 3. The predicted molar refractivity (Wildman–Crippen MR) is 93.7 cm³/mol. The molecule has 0 spiro atoms. The van der Waals surface area contributed by atoms with Crippen LogP contribution in [0.1, 0.15) is 28.2 Å². The van der Waals surface area contributed by atoms with E-state index in [1.54, 1.807) is 0 Å². The van der Waals surface area contributed by atoms with E-state index in [9.17, 15) is 0 Å². The number of hydrogen-bond acceptors (Lipinski definition) is 0. The SMILES string of the molecule is Cc1cc(Br)c2cc(C3C=Cc4ccccc43)ccc2c1. The highest BCUT2D eigenvalue weighted by atomic mass is 79.9. The van der Waals surface area contributed by atoms with Gasteiger partial charge in [0.05, 0.1) is 0 Å². The first kappa shape index (κ1) is 12.8. The number of fused-ring (bicyclic) bond motifs is 2. The van der Waals surface area contributed by atoms with Gasteiger partial charge >= 0.3 is 0 Å². The Morgan fingerprint density at radius 3 is 2.71 bits per heavy atom. The van der Waals surface area contributed by atoms with Crippen LogP contribution in [0.15, 0.2) is 65.1 Å². The maximum Gasteiger partial charge on any atom is 0.0278 e. The van der Waals surface area contributed by atoms with Gasteiger partial charge in [-0.25, -0.2) is 0 Å². The summed E-state index contributed by atoms with van der Waals surface area (Å²) in [5.74, 6) is 0.374. The molecular weight excluding hydrogens is 320 g/mol. The lowest BCUT2D eigenvalue weighted by atomic mass is 9.91. The van der Waals surface area contributed by atoms with Crippen LogP contribution in [-0.4, -0.2) is 0 Å². The molecule has 102 valence electrons. The molecule has 1 aliphatic carbocycles. The fourth-order valence-corrected chi connectivity index (χ4v) is 3.91. The van der Waals surface area contributed by atoms with Crippen molar-refractivity contribution in [3.05, 3.63) is 87.4 Å². The summed E-state index contributed by atoms with van der Waals surface area (Å²) < 4.78 is 1.18. The van der Waals surface area contributed by atoms with Crippen LogP contribution in [-0.2, 0) is 0 Å². The molecule has 0 N–H and O–H groups in total. The molecule has 0 saturated carbocycles. The Balaban J connectivity index is 1.88. The van der Waals surface area contributed by atoms with Crippen molar-refractivity contribution in [2.75, 3.05) is 0 Å². The lowest BCUT2D eigenvalue weighted by molar-refractivity contribution is 1.05. The van der Waals surface area contributed by atoms with Gasteiger partial charge < -0.3 is 0 Å². The van der Waals surface area contributed by atoms with Gasteiger partial charge in [-0.3, -0.25) is 0 Å². The Labute approximate surface area is 133 Å². The van der Waals surface area contributed by atoms with E-state index < -0.39 is 0 Å². The van der Waals surface area contributed by atoms with E-state index in [0.29, 0.717) is 5.92 Å². The molecule has 4 rings (SSSR count). The third kappa shape index (κ3) is 2.13. The predicted octanol–water partition coefficient (Wildman–Crippen LogP) is 6.07. The highest BCUT2D eigenvalue weighted by Gasteiger charge is 2.18. The summed E-state index contributed by atoms with van der Waals surface area (Å²) in [5, 5.41) is 2.58. The molecular formula is C20H15Br. The van der Waals surface area contributed by atoms with Gasteiger partial charge in [-0.2, -0.15) is 0 Å². The molecule has 0 heterocycles. The number of rotatable bonds is 1. The standard InChI is InChI=1S/C20H15Br/c1-13-10-15-6-7-16(12-19(15)20(21)11-13)18-9-8-14-4-2-3-5-17(14)18/h2-12,18H,1H3. The molecule has 0 aliphatic heterocycles. The summed E-state index contributed by atoms with van der Waals surface area (Å²) in [5.41, 5.74) is 5.38. The first-order valence-electron chi connectivity index (χ1n) is 7.19. The van der Waals surface area contributed by atoms with Crippen molar-refractivity contribution in [2.24, 2.45) is 0 Å². The molecule has 21 heavy (non-hydrogen) atoms. The minimum Gasteiger partial charge on any atom is -0.0720 e. The van der Waals surface area contributed by atoms with Crippen LogP contribution < -0.4 is 0 Å². The molecule has 1 atom stereocenters. The minimum atomic E-state index is 0.374. The maximum atomic E-state index is 3.70. The van der Waals surface area contributed by atoms with Gasteiger partial charge in [-0.1, -0.05) is 70.5 Å². The van der Waals surface area contributed by atoms with Crippen LogP contribution >= 0.6 is 15.9 Å². The molecule has 0 saturated heterocycles. The van der Waals surface area contributed by atoms with E-state index in [1.165, 1.54) is 37.5 Å². The quantitative estimate of drug-likeness (QED) is 0.506. The summed E-state index contributed by atoms with van der Waals surface area (Å²) in [4.78, 5) is 0. The Morgan fingerprint density at radius 1 is 0.952 bits per heavy atom. The highest BCUT2D eigenvalue weighted by molar-refractivity contribution is 9.10. The molecule has 0 fully saturated rings. The Morgan fingerprint density at radius 2 is 1.81 bits per heavy atom. The van der Waals surface area contributed by atoms with E-state index in [0.717, 1.165) is 0 Å². The maximum absolute atomic E-state index is 3.70. The monoisotopic (exact) mass is 334 g/mol. The summed E-state index contributed by atoms with van der Waals surface area (Å²) in [6.07, 6.45) is 4.53.